The summed E-state index contributed by atoms with van der Waals surface area (Å²) >= 11 is 3.54. The summed E-state index contributed by atoms with van der Waals surface area (Å²) in [5.41, 5.74) is 1.17. The van der Waals surface area contributed by atoms with E-state index in [0.717, 1.165) is 16.8 Å². The van der Waals surface area contributed by atoms with Crippen molar-refractivity contribution in [2.45, 2.75) is 51.5 Å². The van der Waals surface area contributed by atoms with Crippen molar-refractivity contribution in [3.8, 4) is 0 Å². The van der Waals surface area contributed by atoms with Crippen LogP contribution in [-0.2, 0) is 11.3 Å². The van der Waals surface area contributed by atoms with Gasteiger partial charge < -0.3 is 4.90 Å². The van der Waals surface area contributed by atoms with Crippen LogP contribution >= 0.6 is 15.9 Å². The molecule has 1 aromatic carbocycles. The Balaban J connectivity index is 1.78. The fraction of sp³-hybridized carbons (Fsp3) is 0.588. The molecule has 0 radical (unpaired) electrons. The van der Waals surface area contributed by atoms with Gasteiger partial charge in [0.15, 0.2) is 0 Å². The number of amides is 1. The third-order valence-electron chi connectivity index (χ3n) is 4.28. The van der Waals surface area contributed by atoms with Crippen molar-refractivity contribution >= 4 is 21.8 Å². The van der Waals surface area contributed by atoms with Gasteiger partial charge in [0.05, 0.1) is 0 Å². The van der Waals surface area contributed by atoms with Crippen LogP contribution < -0.4 is 0 Å². The van der Waals surface area contributed by atoms with Crippen molar-refractivity contribution in [1.29, 1.82) is 0 Å². The van der Waals surface area contributed by atoms with Gasteiger partial charge in [0.1, 0.15) is 0 Å². The van der Waals surface area contributed by atoms with Gasteiger partial charge in [-0.1, -0.05) is 66.2 Å². The van der Waals surface area contributed by atoms with Crippen molar-refractivity contribution in [3.63, 3.8) is 0 Å². The van der Waals surface area contributed by atoms with Crippen LogP contribution in [0.1, 0.15) is 50.5 Å². The van der Waals surface area contributed by atoms with E-state index in [2.05, 4.69) is 22.0 Å². The minimum atomic E-state index is 0.270. The summed E-state index contributed by atoms with van der Waals surface area (Å²) < 4.78 is 1.08. The molecule has 0 spiro atoms. The number of rotatable bonds is 5. The van der Waals surface area contributed by atoms with E-state index in [4.69, 9.17) is 0 Å². The Morgan fingerprint density at radius 2 is 1.95 bits per heavy atom. The van der Waals surface area contributed by atoms with Crippen molar-refractivity contribution < 1.29 is 4.79 Å². The second kappa shape index (κ2) is 7.82. The van der Waals surface area contributed by atoms with E-state index < -0.39 is 0 Å². The molecule has 1 fully saturated rings. The molecule has 1 saturated carbocycles. The molecule has 0 aliphatic heterocycles. The minimum Gasteiger partial charge on any atom is -0.341 e. The summed E-state index contributed by atoms with van der Waals surface area (Å²) in [7, 11) is 1.91. The van der Waals surface area contributed by atoms with Crippen LogP contribution in [0, 0.1) is 5.92 Å². The predicted molar refractivity (Wildman–Crippen MR) is 86.4 cm³/mol. The summed E-state index contributed by atoms with van der Waals surface area (Å²) in [4.78, 5) is 14.1. The van der Waals surface area contributed by atoms with Crippen molar-refractivity contribution in [1.82, 2.24) is 4.90 Å². The third kappa shape index (κ3) is 4.62. The van der Waals surface area contributed by atoms with Crippen LogP contribution in [0.5, 0.6) is 0 Å². The predicted octanol–water partition coefficient (Wildman–Crippen LogP) is 4.77. The smallest absolute Gasteiger partial charge is 0.222 e. The molecular formula is C17H24BrNO. The van der Waals surface area contributed by atoms with Crippen LogP contribution in [0.4, 0.5) is 0 Å². The van der Waals surface area contributed by atoms with E-state index in [1.807, 2.05) is 30.1 Å². The van der Waals surface area contributed by atoms with Gasteiger partial charge >= 0.3 is 0 Å². The molecule has 110 valence electrons. The maximum Gasteiger partial charge on any atom is 0.222 e. The molecular weight excluding hydrogens is 314 g/mol. The quantitative estimate of drug-likeness (QED) is 0.757. The average molecular weight is 338 g/mol. The number of hydrogen-bond donors (Lipinski definition) is 0. The zero-order chi connectivity index (χ0) is 14.4. The molecule has 3 heteroatoms. The number of hydrogen-bond acceptors (Lipinski definition) is 1. The number of carbonyl (C=O) groups is 1. The number of carbonyl (C=O) groups excluding carboxylic acids is 1. The van der Waals surface area contributed by atoms with Crippen LogP contribution in [0.3, 0.4) is 0 Å². The zero-order valence-corrected chi connectivity index (χ0v) is 13.9. The second-order valence-electron chi connectivity index (χ2n) is 5.88. The SMILES string of the molecule is CN(Cc1ccccc1Br)C(=O)CCC1CCCCC1. The highest BCUT2D eigenvalue weighted by Gasteiger charge is 2.16. The van der Waals surface area contributed by atoms with E-state index in [-0.39, 0.29) is 5.91 Å². The Kier molecular flexibility index (Phi) is 6.08. The first-order valence-electron chi connectivity index (χ1n) is 7.64. The number of benzene rings is 1. The lowest BCUT2D eigenvalue weighted by molar-refractivity contribution is -0.130. The maximum atomic E-state index is 12.2. The fourth-order valence-corrected chi connectivity index (χ4v) is 3.37. The Morgan fingerprint density at radius 3 is 2.65 bits per heavy atom. The molecule has 2 nitrogen and oxygen atoms in total. The van der Waals surface area contributed by atoms with Crippen LogP contribution in [0.15, 0.2) is 28.7 Å². The van der Waals surface area contributed by atoms with Gasteiger partial charge in [-0.25, -0.2) is 0 Å². The lowest BCUT2D eigenvalue weighted by Gasteiger charge is -2.23. The van der Waals surface area contributed by atoms with E-state index in [1.165, 1.54) is 37.7 Å². The largest absolute Gasteiger partial charge is 0.341 e. The topological polar surface area (TPSA) is 20.3 Å². The molecule has 0 heterocycles. The molecule has 1 aromatic rings. The van der Waals surface area contributed by atoms with E-state index >= 15 is 0 Å². The Bertz CT molecular complexity index is 440. The van der Waals surface area contributed by atoms with Crippen LogP contribution in [-0.4, -0.2) is 17.9 Å². The lowest BCUT2D eigenvalue weighted by Crippen LogP contribution is -2.26. The van der Waals surface area contributed by atoms with Crippen molar-refractivity contribution in [2.75, 3.05) is 7.05 Å². The Hall–Kier alpha value is -0.830. The molecule has 0 saturated heterocycles. The van der Waals surface area contributed by atoms with Crippen LogP contribution in [0.25, 0.3) is 0 Å². The average Bonchev–Trinajstić information content (AvgIpc) is 2.48. The van der Waals surface area contributed by atoms with Gasteiger partial charge in [0.25, 0.3) is 0 Å². The van der Waals surface area contributed by atoms with Gasteiger partial charge in [-0.15, -0.1) is 0 Å². The van der Waals surface area contributed by atoms with Gasteiger partial charge in [-0.05, 0) is 24.0 Å². The number of halogens is 1. The first-order chi connectivity index (χ1) is 9.66. The zero-order valence-electron chi connectivity index (χ0n) is 12.3. The van der Waals surface area contributed by atoms with Gasteiger partial charge in [0.2, 0.25) is 5.91 Å². The molecule has 1 amide bonds. The molecule has 0 bridgehead atoms. The summed E-state index contributed by atoms with van der Waals surface area (Å²) in [6.07, 6.45) is 8.50. The second-order valence-corrected chi connectivity index (χ2v) is 6.74. The summed E-state index contributed by atoms with van der Waals surface area (Å²) in [6, 6.07) is 8.10. The monoisotopic (exact) mass is 337 g/mol. The normalized spacial score (nSPS) is 16.1. The fourth-order valence-electron chi connectivity index (χ4n) is 2.96. The molecule has 0 unspecified atom stereocenters. The van der Waals surface area contributed by atoms with Crippen molar-refractivity contribution in [3.05, 3.63) is 34.3 Å². The van der Waals surface area contributed by atoms with Crippen molar-refractivity contribution in [2.24, 2.45) is 5.92 Å². The Labute approximate surface area is 130 Å². The molecule has 2 rings (SSSR count). The van der Waals surface area contributed by atoms with E-state index in [1.54, 1.807) is 0 Å². The van der Waals surface area contributed by atoms with Gasteiger partial charge in [-0.3, -0.25) is 4.79 Å². The number of nitrogens with zero attached hydrogens (tertiary/aromatic N) is 1. The maximum absolute atomic E-state index is 12.2. The highest BCUT2D eigenvalue weighted by Crippen LogP contribution is 2.27. The first-order valence-corrected chi connectivity index (χ1v) is 8.43. The molecule has 0 N–H and O–H groups in total. The van der Waals surface area contributed by atoms with Gasteiger partial charge in [-0.2, -0.15) is 0 Å². The molecule has 1 aliphatic rings. The highest BCUT2D eigenvalue weighted by molar-refractivity contribution is 9.10. The summed E-state index contributed by atoms with van der Waals surface area (Å²) in [6.45, 7) is 0.685. The molecule has 1 aliphatic carbocycles. The summed E-state index contributed by atoms with van der Waals surface area (Å²) in [5, 5.41) is 0. The molecule has 0 aromatic heterocycles. The highest BCUT2D eigenvalue weighted by atomic mass is 79.9. The van der Waals surface area contributed by atoms with Crippen LogP contribution in [0.2, 0.25) is 0 Å². The Morgan fingerprint density at radius 1 is 1.25 bits per heavy atom. The first kappa shape index (κ1) is 15.6. The van der Waals surface area contributed by atoms with E-state index in [9.17, 15) is 4.79 Å². The third-order valence-corrected chi connectivity index (χ3v) is 5.06. The minimum absolute atomic E-state index is 0.270. The van der Waals surface area contributed by atoms with E-state index in [0.29, 0.717) is 13.0 Å². The molecule has 0 atom stereocenters. The summed E-state index contributed by atoms with van der Waals surface area (Å²) in [5.74, 6) is 1.05. The van der Waals surface area contributed by atoms with Gasteiger partial charge in [0, 0.05) is 24.5 Å². The lowest BCUT2D eigenvalue weighted by atomic mass is 9.86. The standard InChI is InChI=1S/C17H24BrNO/c1-19(13-15-9-5-6-10-16(15)18)17(20)12-11-14-7-3-2-4-8-14/h5-6,9-10,14H,2-4,7-8,11-13H2,1H3. The molecule has 20 heavy (non-hydrogen) atoms.